The average Bonchev–Trinajstić information content (AvgIpc) is 3.45. The minimum Gasteiger partial charge on any atom is -0.466 e. The summed E-state index contributed by atoms with van der Waals surface area (Å²) in [5.41, 5.74) is 2.91. The van der Waals surface area contributed by atoms with Gasteiger partial charge >= 0.3 is 0 Å². The molecular formula is C28H37N5O3. The van der Waals surface area contributed by atoms with Gasteiger partial charge in [-0.2, -0.15) is 5.10 Å². The Morgan fingerprint density at radius 2 is 1.81 bits per heavy atom. The summed E-state index contributed by atoms with van der Waals surface area (Å²) in [5, 5.41) is 5.31. The highest BCUT2D eigenvalue weighted by atomic mass is 16.3. The minimum absolute atomic E-state index is 0.00705. The molecule has 0 radical (unpaired) electrons. The Balaban J connectivity index is 1.40. The number of hydrogen-bond acceptors (Lipinski definition) is 5. The Hall–Kier alpha value is -3.16. The molecule has 8 nitrogen and oxygen atoms in total. The van der Waals surface area contributed by atoms with Crippen molar-refractivity contribution in [3.8, 4) is 11.3 Å². The zero-order chi connectivity index (χ0) is 25.6. The van der Waals surface area contributed by atoms with Crippen LogP contribution < -0.4 is 0 Å². The molecule has 8 heteroatoms. The Kier molecular flexibility index (Phi) is 6.62. The summed E-state index contributed by atoms with van der Waals surface area (Å²) in [7, 11) is 0. The van der Waals surface area contributed by atoms with Crippen molar-refractivity contribution >= 4 is 22.8 Å². The van der Waals surface area contributed by atoms with Crippen molar-refractivity contribution in [2.75, 3.05) is 26.2 Å². The van der Waals surface area contributed by atoms with Crippen molar-refractivity contribution in [3.63, 3.8) is 0 Å². The topological polar surface area (TPSA) is 84.5 Å². The standard InChI is InChI=1S/C28H37N5O3/c1-17(2)33-26-24(15-29-33)23(14-25(30-26)22-13-19(4)36-20(22)5)28(35)31-11-8-21(9-12-31)27(34)32-10-6-7-18(3)16-32/h13-15,17-18,21H,6-12,16H2,1-5H3. The highest BCUT2D eigenvalue weighted by Crippen LogP contribution is 2.32. The second-order valence-corrected chi connectivity index (χ2v) is 10.9. The Morgan fingerprint density at radius 3 is 2.44 bits per heavy atom. The van der Waals surface area contributed by atoms with Gasteiger partial charge in [-0.1, -0.05) is 6.92 Å². The van der Waals surface area contributed by atoms with E-state index in [0.717, 1.165) is 42.0 Å². The first-order valence-electron chi connectivity index (χ1n) is 13.3. The van der Waals surface area contributed by atoms with E-state index in [1.165, 1.54) is 6.42 Å². The van der Waals surface area contributed by atoms with E-state index in [1.54, 1.807) is 6.20 Å². The Bertz CT molecular complexity index is 1280. The van der Waals surface area contributed by atoms with Gasteiger partial charge < -0.3 is 14.2 Å². The summed E-state index contributed by atoms with van der Waals surface area (Å²) in [6, 6.07) is 3.95. The van der Waals surface area contributed by atoms with Crippen molar-refractivity contribution in [1.29, 1.82) is 0 Å². The molecule has 192 valence electrons. The van der Waals surface area contributed by atoms with E-state index in [9.17, 15) is 9.59 Å². The number of piperidine rings is 2. The first-order chi connectivity index (χ1) is 17.2. The van der Waals surface area contributed by atoms with Crippen LogP contribution in [0.3, 0.4) is 0 Å². The number of fused-ring (bicyclic) bond motifs is 1. The van der Waals surface area contributed by atoms with Crippen LogP contribution >= 0.6 is 0 Å². The van der Waals surface area contributed by atoms with E-state index < -0.39 is 0 Å². The highest BCUT2D eigenvalue weighted by Gasteiger charge is 2.33. The van der Waals surface area contributed by atoms with Gasteiger partial charge in [-0.3, -0.25) is 9.59 Å². The van der Waals surface area contributed by atoms with Crippen LogP contribution in [-0.2, 0) is 4.79 Å². The number of rotatable bonds is 4. The fraction of sp³-hybridized carbons (Fsp3) is 0.571. The van der Waals surface area contributed by atoms with Crippen LogP contribution in [0.15, 0.2) is 22.7 Å². The van der Waals surface area contributed by atoms with E-state index in [-0.39, 0.29) is 23.8 Å². The lowest BCUT2D eigenvalue weighted by Gasteiger charge is -2.37. The lowest BCUT2D eigenvalue weighted by atomic mass is 9.92. The van der Waals surface area contributed by atoms with Crippen LogP contribution in [0, 0.1) is 25.7 Å². The molecule has 2 fully saturated rings. The van der Waals surface area contributed by atoms with Crippen molar-refractivity contribution in [3.05, 3.63) is 35.4 Å². The molecule has 0 N–H and O–H groups in total. The number of hydrogen-bond donors (Lipinski definition) is 0. The minimum atomic E-state index is -0.0256. The molecule has 2 aliphatic rings. The first kappa shape index (κ1) is 24.5. The summed E-state index contributed by atoms with van der Waals surface area (Å²) in [4.78, 5) is 35.8. The number of carbonyl (C=O) groups excluding carboxylic acids is 2. The van der Waals surface area contributed by atoms with Gasteiger partial charge in [0.25, 0.3) is 5.91 Å². The predicted octanol–water partition coefficient (Wildman–Crippen LogP) is 5.00. The fourth-order valence-corrected chi connectivity index (χ4v) is 5.74. The van der Waals surface area contributed by atoms with E-state index in [4.69, 9.17) is 9.40 Å². The Labute approximate surface area is 212 Å². The molecule has 1 atom stereocenters. The lowest BCUT2D eigenvalue weighted by molar-refractivity contribution is -0.138. The molecule has 1 unspecified atom stereocenters. The maximum Gasteiger partial charge on any atom is 0.254 e. The lowest BCUT2D eigenvalue weighted by Crippen LogP contribution is -2.47. The number of carbonyl (C=O) groups is 2. The number of aromatic nitrogens is 3. The monoisotopic (exact) mass is 491 g/mol. The van der Waals surface area contributed by atoms with E-state index in [1.807, 2.05) is 40.5 Å². The SMILES string of the molecule is Cc1cc(-c2cc(C(=O)N3CCC(C(=O)N4CCCC(C)C4)CC3)c3cnn(C(C)C)c3n2)c(C)o1. The quantitative estimate of drug-likeness (QED) is 0.513. The van der Waals surface area contributed by atoms with Crippen molar-refractivity contribution in [2.45, 2.75) is 66.3 Å². The molecule has 5 rings (SSSR count). The van der Waals surface area contributed by atoms with E-state index in [0.29, 0.717) is 48.8 Å². The van der Waals surface area contributed by atoms with Crippen LogP contribution in [0.25, 0.3) is 22.3 Å². The molecule has 0 aromatic carbocycles. The molecule has 2 aliphatic heterocycles. The molecule has 2 amide bonds. The summed E-state index contributed by atoms with van der Waals surface area (Å²) < 4.78 is 7.62. The van der Waals surface area contributed by atoms with Crippen molar-refractivity contribution < 1.29 is 14.0 Å². The third kappa shape index (κ3) is 4.53. The second kappa shape index (κ2) is 9.71. The molecule has 0 spiro atoms. The molecule has 0 aliphatic carbocycles. The van der Waals surface area contributed by atoms with Gasteiger partial charge in [-0.05, 0) is 71.4 Å². The molecule has 36 heavy (non-hydrogen) atoms. The van der Waals surface area contributed by atoms with Crippen LogP contribution in [-0.4, -0.2) is 62.6 Å². The van der Waals surface area contributed by atoms with Crippen LogP contribution in [0.5, 0.6) is 0 Å². The summed E-state index contributed by atoms with van der Waals surface area (Å²) in [6.45, 7) is 13.1. The fourth-order valence-electron chi connectivity index (χ4n) is 5.74. The van der Waals surface area contributed by atoms with Gasteiger partial charge in [0.1, 0.15) is 11.5 Å². The number of aryl methyl sites for hydroxylation is 2. The smallest absolute Gasteiger partial charge is 0.254 e. The highest BCUT2D eigenvalue weighted by molar-refractivity contribution is 6.06. The molecule has 2 saturated heterocycles. The number of amides is 2. The van der Waals surface area contributed by atoms with Crippen molar-refractivity contribution in [1.82, 2.24) is 24.6 Å². The summed E-state index contributed by atoms with van der Waals surface area (Å²) in [5.74, 6) is 2.41. The van der Waals surface area contributed by atoms with Gasteiger partial charge in [0.2, 0.25) is 5.91 Å². The van der Waals surface area contributed by atoms with Gasteiger partial charge in [0, 0.05) is 43.7 Å². The largest absolute Gasteiger partial charge is 0.466 e. The molecule has 0 bridgehead atoms. The summed E-state index contributed by atoms with van der Waals surface area (Å²) >= 11 is 0. The Morgan fingerprint density at radius 1 is 1.06 bits per heavy atom. The van der Waals surface area contributed by atoms with Gasteiger partial charge in [-0.25, -0.2) is 9.67 Å². The third-order valence-electron chi connectivity index (χ3n) is 7.70. The zero-order valence-electron chi connectivity index (χ0n) is 22.1. The second-order valence-electron chi connectivity index (χ2n) is 10.9. The van der Waals surface area contributed by atoms with Crippen LogP contribution in [0.4, 0.5) is 0 Å². The molecule has 3 aromatic heterocycles. The maximum atomic E-state index is 13.8. The van der Waals surface area contributed by atoms with Gasteiger partial charge in [0.15, 0.2) is 5.65 Å². The van der Waals surface area contributed by atoms with E-state index >= 15 is 0 Å². The summed E-state index contributed by atoms with van der Waals surface area (Å²) in [6.07, 6.45) is 5.46. The zero-order valence-corrected chi connectivity index (χ0v) is 22.1. The van der Waals surface area contributed by atoms with Crippen molar-refractivity contribution in [2.24, 2.45) is 11.8 Å². The van der Waals surface area contributed by atoms with Crippen LogP contribution in [0.2, 0.25) is 0 Å². The maximum absolute atomic E-state index is 13.8. The van der Waals surface area contributed by atoms with Gasteiger partial charge in [0.05, 0.1) is 22.8 Å². The van der Waals surface area contributed by atoms with Gasteiger partial charge in [-0.15, -0.1) is 0 Å². The van der Waals surface area contributed by atoms with Crippen LogP contribution in [0.1, 0.15) is 74.4 Å². The number of pyridine rings is 1. The average molecular weight is 492 g/mol. The molecule has 3 aromatic rings. The first-order valence-corrected chi connectivity index (χ1v) is 13.3. The molecule has 5 heterocycles. The third-order valence-corrected chi connectivity index (χ3v) is 7.70. The van der Waals surface area contributed by atoms with E-state index in [2.05, 4.69) is 25.9 Å². The number of furan rings is 1. The molecular weight excluding hydrogens is 454 g/mol. The number of nitrogens with zero attached hydrogens (tertiary/aromatic N) is 5. The molecule has 0 saturated carbocycles. The number of likely N-dealkylation sites (tertiary alicyclic amines) is 2. The predicted molar refractivity (Wildman–Crippen MR) is 139 cm³/mol. The normalized spacial score (nSPS) is 19.4.